The number of hydrogen-bond acceptors (Lipinski definition) is 3. The summed E-state index contributed by atoms with van der Waals surface area (Å²) in [6, 6.07) is 12.4. The summed E-state index contributed by atoms with van der Waals surface area (Å²) in [5, 5.41) is 0. The highest BCUT2D eigenvalue weighted by Crippen LogP contribution is 2.31. The number of fused-ring (bicyclic) bond motifs is 1. The fourth-order valence-electron chi connectivity index (χ4n) is 2.74. The molecule has 2 N–H and O–H groups in total. The molecule has 1 aliphatic carbocycles. The normalized spacial score (nSPS) is 17.6. The van der Waals surface area contributed by atoms with Gasteiger partial charge in [-0.1, -0.05) is 12.1 Å². The Balaban J connectivity index is 1.73. The predicted octanol–water partition coefficient (Wildman–Crippen LogP) is 3.31. The summed E-state index contributed by atoms with van der Waals surface area (Å²) in [5.74, 6) is 0.879. The molecule has 104 valence electrons. The molecule has 1 aliphatic rings. The van der Waals surface area contributed by atoms with Gasteiger partial charge in [0.15, 0.2) is 0 Å². The van der Waals surface area contributed by atoms with E-state index < -0.39 is 0 Å². The molecule has 3 rings (SSSR count). The van der Waals surface area contributed by atoms with Crippen molar-refractivity contribution in [2.45, 2.75) is 38.8 Å². The van der Waals surface area contributed by atoms with Crippen LogP contribution in [0.1, 0.15) is 41.4 Å². The number of aromatic nitrogens is 1. The third kappa shape index (κ3) is 2.83. The lowest BCUT2D eigenvalue weighted by Gasteiger charge is -2.22. The Morgan fingerprint density at radius 2 is 2.20 bits per heavy atom. The van der Waals surface area contributed by atoms with E-state index in [0.717, 1.165) is 30.0 Å². The van der Waals surface area contributed by atoms with Crippen molar-refractivity contribution in [2.75, 3.05) is 0 Å². The molecular formula is C17H20N2O. The second kappa shape index (κ2) is 5.63. The molecule has 0 amide bonds. The number of ether oxygens (including phenoxy) is 1. The van der Waals surface area contributed by atoms with Crippen molar-refractivity contribution in [3.63, 3.8) is 0 Å². The molecule has 0 spiro atoms. The van der Waals surface area contributed by atoms with Crippen LogP contribution in [0.3, 0.4) is 0 Å². The monoisotopic (exact) mass is 268 g/mol. The Bertz CT molecular complexity index is 610. The summed E-state index contributed by atoms with van der Waals surface area (Å²) in [6.07, 6.45) is 3.38. The van der Waals surface area contributed by atoms with E-state index in [0.29, 0.717) is 6.61 Å². The van der Waals surface area contributed by atoms with Crippen molar-refractivity contribution >= 4 is 0 Å². The van der Waals surface area contributed by atoms with Crippen LogP contribution < -0.4 is 10.5 Å². The van der Waals surface area contributed by atoms with Gasteiger partial charge in [-0.05, 0) is 61.6 Å². The Hall–Kier alpha value is -1.87. The summed E-state index contributed by atoms with van der Waals surface area (Å²) in [5.41, 5.74) is 10.7. The van der Waals surface area contributed by atoms with Gasteiger partial charge in [-0.15, -0.1) is 0 Å². The second-order valence-electron chi connectivity index (χ2n) is 5.42. The van der Waals surface area contributed by atoms with Gasteiger partial charge in [0.2, 0.25) is 0 Å². The molecule has 3 heteroatoms. The maximum absolute atomic E-state index is 6.17. The fraction of sp³-hybridized carbons (Fsp3) is 0.353. The molecule has 1 aromatic heterocycles. The molecule has 2 aromatic rings. The first-order valence-corrected chi connectivity index (χ1v) is 7.16. The standard InChI is InChI=1S/C17H20N2O/c1-12-4-2-6-14(19-12)11-20-15-9-8-13-5-3-7-17(18)16(13)10-15/h2,4,6,8-10,17H,3,5,7,11,18H2,1H3/t17-/m0/s1. The van der Waals surface area contributed by atoms with Gasteiger partial charge in [-0.3, -0.25) is 4.98 Å². The Labute approximate surface area is 119 Å². The number of benzene rings is 1. The van der Waals surface area contributed by atoms with E-state index in [1.165, 1.54) is 17.5 Å². The third-order valence-corrected chi connectivity index (χ3v) is 3.81. The van der Waals surface area contributed by atoms with Crippen molar-refractivity contribution in [3.05, 3.63) is 58.9 Å². The van der Waals surface area contributed by atoms with Crippen LogP contribution in [0.15, 0.2) is 36.4 Å². The van der Waals surface area contributed by atoms with Crippen LogP contribution in [-0.4, -0.2) is 4.98 Å². The van der Waals surface area contributed by atoms with Gasteiger partial charge < -0.3 is 10.5 Å². The van der Waals surface area contributed by atoms with E-state index >= 15 is 0 Å². The molecule has 0 radical (unpaired) electrons. The quantitative estimate of drug-likeness (QED) is 0.929. The van der Waals surface area contributed by atoms with Gasteiger partial charge in [-0.25, -0.2) is 0 Å². The molecule has 20 heavy (non-hydrogen) atoms. The smallest absolute Gasteiger partial charge is 0.130 e. The molecule has 1 heterocycles. The van der Waals surface area contributed by atoms with E-state index in [1.807, 2.05) is 31.2 Å². The zero-order valence-electron chi connectivity index (χ0n) is 11.8. The minimum absolute atomic E-state index is 0.152. The van der Waals surface area contributed by atoms with Gasteiger partial charge in [0, 0.05) is 11.7 Å². The highest BCUT2D eigenvalue weighted by atomic mass is 16.5. The molecule has 0 aliphatic heterocycles. The molecular weight excluding hydrogens is 248 g/mol. The lowest BCUT2D eigenvalue weighted by atomic mass is 9.88. The highest BCUT2D eigenvalue weighted by molar-refractivity contribution is 5.39. The van der Waals surface area contributed by atoms with Crippen LogP contribution in [0.4, 0.5) is 0 Å². The maximum atomic E-state index is 6.17. The number of hydrogen-bond donors (Lipinski definition) is 1. The first-order valence-electron chi connectivity index (χ1n) is 7.16. The maximum Gasteiger partial charge on any atom is 0.130 e. The number of rotatable bonds is 3. The van der Waals surface area contributed by atoms with Gasteiger partial charge in [0.1, 0.15) is 12.4 Å². The van der Waals surface area contributed by atoms with Crippen LogP contribution >= 0.6 is 0 Å². The minimum Gasteiger partial charge on any atom is -0.487 e. The molecule has 1 aromatic carbocycles. The average Bonchev–Trinajstić information content (AvgIpc) is 2.46. The molecule has 1 atom stereocenters. The summed E-state index contributed by atoms with van der Waals surface area (Å²) in [7, 11) is 0. The van der Waals surface area contributed by atoms with E-state index in [-0.39, 0.29) is 6.04 Å². The van der Waals surface area contributed by atoms with Crippen molar-refractivity contribution in [3.8, 4) is 5.75 Å². The zero-order valence-corrected chi connectivity index (χ0v) is 11.8. The number of aryl methyl sites for hydroxylation is 2. The zero-order chi connectivity index (χ0) is 13.9. The van der Waals surface area contributed by atoms with Crippen molar-refractivity contribution < 1.29 is 4.74 Å². The first kappa shape index (κ1) is 13.1. The molecule has 0 unspecified atom stereocenters. The Morgan fingerprint density at radius 3 is 3.05 bits per heavy atom. The number of nitrogens with two attached hydrogens (primary N) is 1. The van der Waals surface area contributed by atoms with Gasteiger partial charge >= 0.3 is 0 Å². The molecule has 0 bridgehead atoms. The summed E-state index contributed by atoms with van der Waals surface area (Å²) in [4.78, 5) is 4.44. The predicted molar refractivity (Wildman–Crippen MR) is 79.6 cm³/mol. The van der Waals surface area contributed by atoms with E-state index in [2.05, 4.69) is 17.1 Å². The highest BCUT2D eigenvalue weighted by Gasteiger charge is 2.17. The van der Waals surface area contributed by atoms with E-state index in [4.69, 9.17) is 10.5 Å². The molecule has 3 nitrogen and oxygen atoms in total. The van der Waals surface area contributed by atoms with Crippen molar-refractivity contribution in [1.29, 1.82) is 0 Å². The summed E-state index contributed by atoms with van der Waals surface area (Å²) < 4.78 is 5.84. The lowest BCUT2D eigenvalue weighted by Crippen LogP contribution is -2.17. The molecule has 0 saturated heterocycles. The van der Waals surface area contributed by atoms with Crippen LogP contribution in [0.5, 0.6) is 5.75 Å². The van der Waals surface area contributed by atoms with E-state index in [9.17, 15) is 0 Å². The number of pyridine rings is 1. The lowest BCUT2D eigenvalue weighted by molar-refractivity contribution is 0.300. The first-order chi connectivity index (χ1) is 9.72. The largest absolute Gasteiger partial charge is 0.487 e. The fourth-order valence-corrected chi connectivity index (χ4v) is 2.74. The van der Waals surface area contributed by atoms with Gasteiger partial charge in [0.25, 0.3) is 0 Å². The summed E-state index contributed by atoms with van der Waals surface area (Å²) in [6.45, 7) is 2.48. The minimum atomic E-state index is 0.152. The number of nitrogens with zero attached hydrogens (tertiary/aromatic N) is 1. The van der Waals surface area contributed by atoms with E-state index in [1.54, 1.807) is 0 Å². The molecule has 0 saturated carbocycles. The third-order valence-electron chi connectivity index (χ3n) is 3.81. The van der Waals surface area contributed by atoms with Crippen molar-refractivity contribution in [2.24, 2.45) is 5.73 Å². The van der Waals surface area contributed by atoms with Crippen molar-refractivity contribution in [1.82, 2.24) is 4.98 Å². The van der Waals surface area contributed by atoms with Crippen LogP contribution in [-0.2, 0) is 13.0 Å². The second-order valence-corrected chi connectivity index (χ2v) is 5.42. The van der Waals surface area contributed by atoms with Crippen LogP contribution in [0.25, 0.3) is 0 Å². The van der Waals surface area contributed by atoms with Gasteiger partial charge in [0.05, 0.1) is 5.69 Å². The Kier molecular flexibility index (Phi) is 3.70. The van der Waals surface area contributed by atoms with Gasteiger partial charge in [-0.2, -0.15) is 0 Å². The average molecular weight is 268 g/mol. The summed E-state index contributed by atoms with van der Waals surface area (Å²) >= 11 is 0. The Morgan fingerprint density at radius 1 is 1.30 bits per heavy atom. The van der Waals surface area contributed by atoms with Crippen LogP contribution in [0.2, 0.25) is 0 Å². The topological polar surface area (TPSA) is 48.1 Å². The van der Waals surface area contributed by atoms with Crippen LogP contribution in [0, 0.1) is 6.92 Å². The molecule has 0 fully saturated rings. The SMILES string of the molecule is Cc1cccc(COc2ccc3c(c2)[C@@H](N)CCC3)n1.